The molecule has 144 valence electrons. The van der Waals surface area contributed by atoms with Crippen LogP contribution in [0, 0.1) is 0 Å². The number of rotatable bonds is 4. The first-order valence-corrected chi connectivity index (χ1v) is 8.24. The average molecular weight is 382 g/mol. The van der Waals surface area contributed by atoms with Crippen molar-refractivity contribution in [1.29, 1.82) is 0 Å². The van der Waals surface area contributed by atoms with Crippen LogP contribution in [0.4, 0.5) is 0 Å². The number of benzene rings is 1. The summed E-state index contributed by atoms with van der Waals surface area (Å²) >= 11 is 0. The summed E-state index contributed by atoms with van der Waals surface area (Å²) in [5, 5.41) is 19.3. The van der Waals surface area contributed by atoms with Crippen molar-refractivity contribution in [2.75, 3.05) is 6.54 Å². The van der Waals surface area contributed by atoms with E-state index in [4.69, 9.17) is 5.84 Å². The van der Waals surface area contributed by atoms with Crippen LogP contribution in [0.5, 0.6) is 5.75 Å². The van der Waals surface area contributed by atoms with Gasteiger partial charge in [-0.15, -0.1) is 11.7 Å². The minimum Gasteiger partial charge on any atom is -0.506 e. The summed E-state index contributed by atoms with van der Waals surface area (Å²) in [4.78, 5) is 38.2. The monoisotopic (exact) mass is 382 g/mol. The molecule has 0 aliphatic carbocycles. The van der Waals surface area contributed by atoms with E-state index < -0.39 is 17.4 Å². The lowest BCUT2D eigenvalue weighted by atomic mass is 10.1. The fraction of sp³-hybridized carbons (Fsp3) is 0.167. The lowest BCUT2D eigenvalue weighted by Crippen LogP contribution is -2.34. The van der Waals surface area contributed by atoms with Gasteiger partial charge in [-0.3, -0.25) is 19.3 Å². The Morgan fingerprint density at radius 2 is 1.93 bits per heavy atom. The number of nitrogens with two attached hydrogens (primary N) is 1. The molecular formula is C18H18N6O4. The van der Waals surface area contributed by atoms with Gasteiger partial charge < -0.3 is 15.5 Å². The molecule has 1 saturated heterocycles. The topological polar surface area (TPSA) is 134 Å². The van der Waals surface area contributed by atoms with E-state index in [-0.39, 0.29) is 29.5 Å². The lowest BCUT2D eigenvalue weighted by Gasteiger charge is -2.15. The summed E-state index contributed by atoms with van der Waals surface area (Å²) in [6, 6.07) is 6.82. The van der Waals surface area contributed by atoms with Crippen LogP contribution >= 0.6 is 0 Å². The van der Waals surface area contributed by atoms with E-state index in [0.29, 0.717) is 15.9 Å². The number of hydrazone groups is 2. The Bertz CT molecular complexity index is 1130. The maximum Gasteiger partial charge on any atom is 0.340 e. The van der Waals surface area contributed by atoms with Crippen molar-refractivity contribution >= 4 is 34.4 Å². The van der Waals surface area contributed by atoms with Gasteiger partial charge in [-0.2, -0.15) is 10.1 Å². The smallest absolute Gasteiger partial charge is 0.340 e. The first-order chi connectivity index (χ1) is 13.3. The minimum atomic E-state index is -0.984. The highest BCUT2D eigenvalue weighted by Crippen LogP contribution is 2.26. The number of pyridine rings is 1. The quantitative estimate of drug-likeness (QED) is 0.253. The Morgan fingerprint density at radius 3 is 2.57 bits per heavy atom. The number of hydrogen-bond acceptors (Lipinski definition) is 7. The predicted molar refractivity (Wildman–Crippen MR) is 103 cm³/mol. The van der Waals surface area contributed by atoms with Gasteiger partial charge in [0.15, 0.2) is 0 Å². The molecule has 1 aliphatic rings. The number of aryl methyl sites for hydroxylation is 1. The molecular weight excluding hydrogens is 364 g/mol. The zero-order valence-corrected chi connectivity index (χ0v) is 15.3. The largest absolute Gasteiger partial charge is 0.506 e. The minimum absolute atomic E-state index is 0.00860. The molecule has 0 spiro atoms. The molecule has 10 nitrogen and oxygen atoms in total. The Labute approximate surface area is 159 Å². The summed E-state index contributed by atoms with van der Waals surface area (Å²) < 4.78 is 1.36. The SMILES string of the molecule is C=CCN1C(=O)C(=O)N(N=C(C)c2c(O)c3ccccc3n(C)c2=O)C1=NN. The van der Waals surface area contributed by atoms with Crippen LogP contribution in [0.3, 0.4) is 0 Å². The number of amides is 2. The van der Waals surface area contributed by atoms with Gasteiger partial charge in [0, 0.05) is 19.0 Å². The van der Waals surface area contributed by atoms with Crippen LogP contribution < -0.4 is 11.4 Å². The summed E-state index contributed by atoms with van der Waals surface area (Å²) in [5.41, 5.74) is -0.0495. The van der Waals surface area contributed by atoms with E-state index in [1.54, 1.807) is 31.3 Å². The van der Waals surface area contributed by atoms with E-state index in [2.05, 4.69) is 16.8 Å². The molecule has 3 N–H and O–H groups in total. The van der Waals surface area contributed by atoms with Crippen LogP contribution in [-0.2, 0) is 16.6 Å². The first kappa shape index (κ1) is 18.8. The molecule has 0 unspecified atom stereocenters. The second-order valence-corrected chi connectivity index (χ2v) is 6.04. The third-order valence-electron chi connectivity index (χ3n) is 4.37. The normalized spacial score (nSPS) is 16.5. The average Bonchev–Trinajstić information content (AvgIpc) is 2.91. The number of carbonyl (C=O) groups is 2. The fourth-order valence-corrected chi connectivity index (χ4v) is 3.02. The third-order valence-corrected chi connectivity index (χ3v) is 4.37. The fourth-order valence-electron chi connectivity index (χ4n) is 3.02. The van der Waals surface area contributed by atoms with Gasteiger partial charge in [-0.05, 0) is 19.1 Å². The molecule has 0 atom stereocenters. The number of guanidine groups is 1. The maximum atomic E-state index is 12.8. The van der Waals surface area contributed by atoms with Crippen LogP contribution in [0.1, 0.15) is 12.5 Å². The second-order valence-electron chi connectivity index (χ2n) is 6.04. The molecule has 1 aromatic heterocycles. The molecule has 0 bridgehead atoms. The first-order valence-electron chi connectivity index (χ1n) is 8.24. The van der Waals surface area contributed by atoms with E-state index in [0.717, 1.165) is 4.90 Å². The van der Waals surface area contributed by atoms with Gasteiger partial charge in [-0.25, -0.2) is 0 Å². The number of nitrogens with zero attached hydrogens (tertiary/aromatic N) is 5. The van der Waals surface area contributed by atoms with Crippen LogP contribution in [0.15, 0.2) is 51.9 Å². The summed E-state index contributed by atoms with van der Waals surface area (Å²) in [6.45, 7) is 4.96. The van der Waals surface area contributed by atoms with E-state index in [1.165, 1.54) is 17.6 Å². The molecule has 2 heterocycles. The zero-order valence-electron chi connectivity index (χ0n) is 15.3. The van der Waals surface area contributed by atoms with Crippen molar-refractivity contribution in [2.24, 2.45) is 23.1 Å². The number of hydrogen-bond donors (Lipinski definition) is 2. The highest BCUT2D eigenvalue weighted by Gasteiger charge is 2.43. The molecule has 0 radical (unpaired) electrons. The Morgan fingerprint density at radius 1 is 1.25 bits per heavy atom. The van der Waals surface area contributed by atoms with Crippen LogP contribution in [0.2, 0.25) is 0 Å². The summed E-state index contributed by atoms with van der Waals surface area (Å²) in [5.74, 6) is 2.99. The number of aromatic nitrogens is 1. The molecule has 3 rings (SSSR count). The predicted octanol–water partition coefficient (Wildman–Crippen LogP) is 0.0546. The van der Waals surface area contributed by atoms with E-state index in [1.807, 2.05) is 0 Å². The molecule has 2 aromatic rings. The van der Waals surface area contributed by atoms with Crippen molar-refractivity contribution in [3.05, 3.63) is 52.8 Å². The zero-order chi connectivity index (χ0) is 20.6. The standard InChI is InChI=1S/C18H18N6O4/c1-4-9-23-16(27)17(28)24(18(23)20-19)21-10(2)13-14(25)11-7-5-6-8-12(11)22(3)15(13)26/h4-8,25H,1,9,19H2,2-3H3. The van der Waals surface area contributed by atoms with Gasteiger partial charge in [-0.1, -0.05) is 18.2 Å². The number of fused-ring (bicyclic) bond motifs is 1. The van der Waals surface area contributed by atoms with Crippen LogP contribution in [-0.4, -0.2) is 49.6 Å². The second kappa shape index (κ2) is 6.99. The number of para-hydroxylation sites is 1. The van der Waals surface area contributed by atoms with Crippen LogP contribution in [0.25, 0.3) is 10.9 Å². The van der Waals surface area contributed by atoms with Gasteiger partial charge in [0.2, 0.25) is 0 Å². The van der Waals surface area contributed by atoms with Crippen molar-refractivity contribution < 1.29 is 14.7 Å². The Hall–Kier alpha value is -3.95. The molecule has 1 fully saturated rings. The molecule has 2 amide bonds. The van der Waals surface area contributed by atoms with Gasteiger partial charge in [0.25, 0.3) is 11.5 Å². The highest BCUT2D eigenvalue weighted by molar-refractivity contribution is 6.45. The Balaban J connectivity index is 2.17. The molecule has 1 aromatic carbocycles. The molecule has 10 heteroatoms. The van der Waals surface area contributed by atoms with Crippen molar-refractivity contribution in [1.82, 2.24) is 14.5 Å². The Kier molecular flexibility index (Phi) is 4.70. The number of aromatic hydroxyl groups is 1. The molecule has 1 aliphatic heterocycles. The number of carbonyl (C=O) groups excluding carboxylic acids is 2. The van der Waals surface area contributed by atoms with E-state index >= 15 is 0 Å². The highest BCUT2D eigenvalue weighted by atomic mass is 16.3. The van der Waals surface area contributed by atoms with Crippen molar-refractivity contribution in [3.8, 4) is 5.75 Å². The third kappa shape index (κ3) is 2.71. The van der Waals surface area contributed by atoms with Gasteiger partial charge in [0.05, 0.1) is 11.2 Å². The molecule has 28 heavy (non-hydrogen) atoms. The van der Waals surface area contributed by atoms with Crippen molar-refractivity contribution in [3.63, 3.8) is 0 Å². The lowest BCUT2D eigenvalue weighted by molar-refractivity contribution is -0.143. The summed E-state index contributed by atoms with van der Waals surface area (Å²) in [6.07, 6.45) is 1.40. The summed E-state index contributed by atoms with van der Waals surface area (Å²) in [7, 11) is 1.56. The van der Waals surface area contributed by atoms with Gasteiger partial charge >= 0.3 is 11.8 Å². The van der Waals surface area contributed by atoms with Crippen molar-refractivity contribution in [2.45, 2.75) is 6.92 Å². The van der Waals surface area contributed by atoms with E-state index in [9.17, 15) is 19.5 Å². The maximum absolute atomic E-state index is 12.8. The van der Waals surface area contributed by atoms with Gasteiger partial charge in [0.1, 0.15) is 11.3 Å². The molecule has 0 saturated carbocycles.